The number of hydrogen-bond donors (Lipinski definition) is 0. The summed E-state index contributed by atoms with van der Waals surface area (Å²) in [5.74, 6) is 0.779. The number of halogens is 2. The molecule has 0 heterocycles. The molecule has 13 heavy (non-hydrogen) atoms. The van der Waals surface area contributed by atoms with Crippen LogP contribution in [0.25, 0.3) is 6.08 Å². The largest absolute Gasteiger partial charge is 0.497 e. The average molecular weight is 262 g/mol. The molecule has 0 aliphatic rings. The number of rotatable bonds is 3. The molecule has 0 atom stereocenters. The second-order valence-electron chi connectivity index (χ2n) is 2.48. The Morgan fingerprint density at radius 2 is 2.23 bits per heavy atom. The molecule has 0 aliphatic carbocycles. The van der Waals surface area contributed by atoms with Crippen LogP contribution in [0.15, 0.2) is 24.3 Å². The Bertz CT molecular complexity index is 310. The van der Waals surface area contributed by atoms with E-state index in [-0.39, 0.29) is 0 Å². The van der Waals surface area contributed by atoms with Crippen LogP contribution in [0, 0.1) is 0 Å². The summed E-state index contributed by atoms with van der Waals surface area (Å²) in [6.07, 6.45) is 3.99. The van der Waals surface area contributed by atoms with E-state index in [1.54, 1.807) is 13.2 Å². The normalized spacial score (nSPS) is 10.7. The smallest absolute Gasteiger partial charge is 0.120 e. The second kappa shape index (κ2) is 5.30. The van der Waals surface area contributed by atoms with Crippen LogP contribution in [0.2, 0.25) is 5.02 Å². The molecule has 0 unspecified atom stereocenters. The lowest BCUT2D eigenvalue weighted by Gasteiger charge is -2.01. The van der Waals surface area contributed by atoms with Crippen molar-refractivity contribution in [3.8, 4) is 5.75 Å². The van der Waals surface area contributed by atoms with Crippen molar-refractivity contribution in [2.24, 2.45) is 0 Å². The van der Waals surface area contributed by atoms with Gasteiger partial charge in [0.1, 0.15) is 5.75 Å². The molecule has 0 bridgehead atoms. The highest BCUT2D eigenvalue weighted by atomic mass is 79.9. The molecule has 1 rings (SSSR count). The topological polar surface area (TPSA) is 9.23 Å². The van der Waals surface area contributed by atoms with E-state index < -0.39 is 0 Å². The van der Waals surface area contributed by atoms with Crippen LogP contribution >= 0.6 is 27.5 Å². The fourth-order valence-electron chi connectivity index (χ4n) is 0.979. The van der Waals surface area contributed by atoms with Gasteiger partial charge < -0.3 is 4.74 Å². The molecule has 0 aromatic heterocycles. The van der Waals surface area contributed by atoms with Crippen molar-refractivity contribution < 1.29 is 4.74 Å². The fourth-order valence-corrected chi connectivity index (χ4v) is 1.40. The minimum Gasteiger partial charge on any atom is -0.497 e. The first-order chi connectivity index (χ1) is 6.26. The average Bonchev–Trinajstić information content (AvgIpc) is 2.14. The Labute approximate surface area is 91.5 Å². The molecule has 0 amide bonds. The van der Waals surface area contributed by atoms with Crippen LogP contribution in [0.5, 0.6) is 5.75 Å². The van der Waals surface area contributed by atoms with Crippen LogP contribution in [-0.2, 0) is 0 Å². The van der Waals surface area contributed by atoms with Gasteiger partial charge in [0, 0.05) is 10.4 Å². The molecule has 1 aromatic carbocycles. The molecule has 1 nitrogen and oxygen atoms in total. The van der Waals surface area contributed by atoms with E-state index in [1.807, 2.05) is 24.3 Å². The summed E-state index contributed by atoms with van der Waals surface area (Å²) in [5, 5.41) is 1.52. The highest BCUT2D eigenvalue weighted by molar-refractivity contribution is 9.09. The van der Waals surface area contributed by atoms with Crippen molar-refractivity contribution in [3.05, 3.63) is 34.9 Å². The molecule has 1 aromatic rings. The van der Waals surface area contributed by atoms with E-state index in [2.05, 4.69) is 15.9 Å². The molecular weight excluding hydrogens is 251 g/mol. The van der Waals surface area contributed by atoms with E-state index in [0.717, 1.165) is 16.6 Å². The fraction of sp³-hybridized carbons (Fsp3) is 0.200. The van der Waals surface area contributed by atoms with Crippen molar-refractivity contribution in [2.45, 2.75) is 0 Å². The van der Waals surface area contributed by atoms with Gasteiger partial charge in [0.05, 0.1) is 7.11 Å². The summed E-state index contributed by atoms with van der Waals surface area (Å²) in [5.41, 5.74) is 1.05. The summed E-state index contributed by atoms with van der Waals surface area (Å²) >= 11 is 9.19. The maximum absolute atomic E-state index is 5.88. The van der Waals surface area contributed by atoms with Gasteiger partial charge in [0.15, 0.2) is 0 Å². The minimum absolute atomic E-state index is 0.688. The standard InChI is InChI=1S/C10H10BrClO/c1-13-10-6-8(3-2-4-11)5-9(12)7-10/h2-3,5-7H,4H2,1H3. The molecule has 70 valence electrons. The molecular formula is C10H10BrClO. The monoisotopic (exact) mass is 260 g/mol. The first kappa shape index (κ1) is 10.6. The van der Waals surface area contributed by atoms with Crippen LogP contribution in [0.1, 0.15) is 5.56 Å². The second-order valence-corrected chi connectivity index (χ2v) is 3.56. The summed E-state index contributed by atoms with van der Waals surface area (Å²) in [7, 11) is 1.63. The van der Waals surface area contributed by atoms with Crippen LogP contribution < -0.4 is 4.74 Å². The molecule has 0 N–H and O–H groups in total. The number of benzene rings is 1. The van der Waals surface area contributed by atoms with Gasteiger partial charge >= 0.3 is 0 Å². The maximum Gasteiger partial charge on any atom is 0.120 e. The van der Waals surface area contributed by atoms with E-state index >= 15 is 0 Å². The third-order valence-corrected chi connectivity index (χ3v) is 2.12. The van der Waals surface area contributed by atoms with Gasteiger partial charge in [0.2, 0.25) is 0 Å². The van der Waals surface area contributed by atoms with E-state index in [9.17, 15) is 0 Å². The summed E-state index contributed by atoms with van der Waals surface area (Å²) in [4.78, 5) is 0. The van der Waals surface area contributed by atoms with Crippen molar-refractivity contribution in [1.82, 2.24) is 0 Å². The van der Waals surface area contributed by atoms with Gasteiger partial charge in [-0.25, -0.2) is 0 Å². The number of alkyl halides is 1. The zero-order valence-electron chi connectivity index (χ0n) is 7.26. The van der Waals surface area contributed by atoms with Gasteiger partial charge in [-0.1, -0.05) is 39.7 Å². The summed E-state index contributed by atoms with van der Waals surface area (Å²) in [6.45, 7) is 0. The van der Waals surface area contributed by atoms with Crippen LogP contribution in [0.4, 0.5) is 0 Å². The number of hydrogen-bond acceptors (Lipinski definition) is 1. The molecule has 0 aliphatic heterocycles. The Kier molecular flexibility index (Phi) is 4.33. The van der Waals surface area contributed by atoms with Crippen LogP contribution in [0.3, 0.4) is 0 Å². The molecule has 0 fully saturated rings. The first-order valence-corrected chi connectivity index (χ1v) is 5.33. The van der Waals surface area contributed by atoms with E-state index in [0.29, 0.717) is 5.02 Å². The lowest BCUT2D eigenvalue weighted by atomic mass is 10.2. The molecule has 0 radical (unpaired) electrons. The number of methoxy groups -OCH3 is 1. The van der Waals surface area contributed by atoms with Crippen molar-refractivity contribution >= 4 is 33.6 Å². The predicted molar refractivity (Wildman–Crippen MR) is 60.8 cm³/mol. The maximum atomic E-state index is 5.88. The minimum atomic E-state index is 0.688. The first-order valence-electron chi connectivity index (χ1n) is 3.83. The van der Waals surface area contributed by atoms with Gasteiger partial charge in [-0.05, 0) is 23.8 Å². The van der Waals surface area contributed by atoms with Crippen LogP contribution in [-0.4, -0.2) is 12.4 Å². The van der Waals surface area contributed by atoms with Gasteiger partial charge in [-0.15, -0.1) is 0 Å². The molecule has 0 saturated heterocycles. The Morgan fingerprint density at radius 1 is 1.46 bits per heavy atom. The Hall–Kier alpha value is -0.470. The Morgan fingerprint density at radius 3 is 2.85 bits per heavy atom. The predicted octanol–water partition coefficient (Wildman–Crippen LogP) is 3.76. The SMILES string of the molecule is COc1cc(Cl)cc(C=CCBr)c1. The third-order valence-electron chi connectivity index (χ3n) is 1.53. The third kappa shape index (κ3) is 3.41. The van der Waals surface area contributed by atoms with E-state index in [1.165, 1.54) is 0 Å². The van der Waals surface area contributed by atoms with Gasteiger partial charge in [-0.2, -0.15) is 0 Å². The highest BCUT2D eigenvalue weighted by Gasteiger charge is 1.96. The van der Waals surface area contributed by atoms with Crippen molar-refractivity contribution in [1.29, 1.82) is 0 Å². The molecule has 0 saturated carbocycles. The lowest BCUT2D eigenvalue weighted by Crippen LogP contribution is -1.83. The highest BCUT2D eigenvalue weighted by Crippen LogP contribution is 2.21. The zero-order valence-corrected chi connectivity index (χ0v) is 9.60. The summed E-state index contributed by atoms with van der Waals surface area (Å²) in [6, 6.07) is 5.61. The Balaban J connectivity index is 2.94. The lowest BCUT2D eigenvalue weighted by molar-refractivity contribution is 0.415. The molecule has 3 heteroatoms. The number of ether oxygens (including phenoxy) is 1. The van der Waals surface area contributed by atoms with Crippen molar-refractivity contribution in [3.63, 3.8) is 0 Å². The quantitative estimate of drug-likeness (QED) is 0.753. The van der Waals surface area contributed by atoms with Gasteiger partial charge in [-0.3, -0.25) is 0 Å². The van der Waals surface area contributed by atoms with Crippen molar-refractivity contribution in [2.75, 3.05) is 12.4 Å². The zero-order chi connectivity index (χ0) is 9.68. The summed E-state index contributed by atoms with van der Waals surface area (Å²) < 4.78 is 5.09. The molecule has 0 spiro atoms. The van der Waals surface area contributed by atoms with Gasteiger partial charge in [0.25, 0.3) is 0 Å². The van der Waals surface area contributed by atoms with E-state index in [4.69, 9.17) is 16.3 Å². The number of allylic oxidation sites excluding steroid dienone is 1.